The van der Waals surface area contributed by atoms with Crippen LogP contribution in [0.1, 0.15) is 40.2 Å². The van der Waals surface area contributed by atoms with E-state index in [1.807, 2.05) is 13.8 Å². The van der Waals surface area contributed by atoms with E-state index in [2.05, 4.69) is 10.6 Å². The van der Waals surface area contributed by atoms with Gasteiger partial charge in [0.1, 0.15) is 5.70 Å². The van der Waals surface area contributed by atoms with E-state index < -0.39 is 11.3 Å². The molecular formula is C17H22Cl2N2O2. The average Bonchev–Trinajstić information content (AvgIpc) is 2.39. The predicted molar refractivity (Wildman–Crippen MR) is 95.3 cm³/mol. The molecule has 1 rings (SSSR count). The summed E-state index contributed by atoms with van der Waals surface area (Å²) in [5, 5.41) is 6.21. The molecule has 0 aliphatic rings. The highest BCUT2D eigenvalue weighted by Gasteiger charge is 2.24. The highest BCUT2D eigenvalue weighted by molar-refractivity contribution is 6.37. The van der Waals surface area contributed by atoms with Gasteiger partial charge in [0.15, 0.2) is 0 Å². The lowest BCUT2D eigenvalue weighted by molar-refractivity contribution is -0.129. The fourth-order valence-corrected chi connectivity index (χ4v) is 2.11. The number of halogens is 2. The van der Waals surface area contributed by atoms with Gasteiger partial charge >= 0.3 is 0 Å². The van der Waals surface area contributed by atoms with Gasteiger partial charge in [0, 0.05) is 27.1 Å². The Hall–Kier alpha value is -1.52. The van der Waals surface area contributed by atoms with Crippen molar-refractivity contribution in [2.75, 3.05) is 0 Å². The van der Waals surface area contributed by atoms with Crippen molar-refractivity contribution in [3.63, 3.8) is 0 Å². The molecule has 6 heteroatoms. The molecule has 0 unspecified atom stereocenters. The van der Waals surface area contributed by atoms with Crippen LogP contribution >= 0.6 is 23.2 Å². The third-order valence-electron chi connectivity index (χ3n) is 2.88. The fraction of sp³-hybridized carbons (Fsp3) is 0.412. The summed E-state index contributed by atoms with van der Waals surface area (Å²) in [7, 11) is 0. The highest BCUT2D eigenvalue weighted by Crippen LogP contribution is 2.26. The second-order valence-electron chi connectivity index (χ2n) is 6.53. The Bertz CT molecular complexity index is 612. The van der Waals surface area contributed by atoms with Crippen LogP contribution < -0.4 is 10.6 Å². The Kier molecular flexibility index (Phi) is 6.66. The van der Waals surface area contributed by atoms with Crippen molar-refractivity contribution in [2.45, 2.75) is 40.7 Å². The van der Waals surface area contributed by atoms with Gasteiger partial charge in [0.25, 0.3) is 5.91 Å². The largest absolute Gasteiger partial charge is 0.349 e. The molecule has 0 aromatic heterocycles. The van der Waals surface area contributed by atoms with Crippen LogP contribution in [0, 0.1) is 5.41 Å². The maximum absolute atomic E-state index is 12.4. The van der Waals surface area contributed by atoms with Gasteiger partial charge in [0.05, 0.1) is 0 Å². The van der Waals surface area contributed by atoms with Gasteiger partial charge in [-0.1, -0.05) is 50.0 Å². The minimum absolute atomic E-state index is 0.0702. The third-order valence-corrected chi connectivity index (χ3v) is 3.54. The summed E-state index contributed by atoms with van der Waals surface area (Å²) >= 11 is 12.3. The molecule has 0 bridgehead atoms. The smallest absolute Gasteiger partial charge is 0.268 e. The number of benzene rings is 1. The number of hydrogen-bond donors (Lipinski definition) is 2. The standard InChI is InChI=1S/C17H22Cl2N2O2/c1-10(2)20-15(22)14(21-16(23)17(3,4)5)9-11-12(18)7-6-8-13(11)19/h6-10H,1-5H3,(H,20,22)(H,21,23)/b14-9+. The van der Waals surface area contributed by atoms with E-state index in [-0.39, 0.29) is 17.6 Å². The molecule has 23 heavy (non-hydrogen) atoms. The number of nitrogens with one attached hydrogen (secondary N) is 2. The van der Waals surface area contributed by atoms with E-state index >= 15 is 0 Å². The fourth-order valence-electron chi connectivity index (χ4n) is 1.60. The van der Waals surface area contributed by atoms with Crippen LogP contribution in [-0.2, 0) is 9.59 Å². The molecular weight excluding hydrogens is 335 g/mol. The molecule has 0 aliphatic heterocycles. The Balaban J connectivity index is 3.26. The third kappa shape index (κ3) is 5.88. The van der Waals surface area contributed by atoms with Crippen molar-refractivity contribution in [3.05, 3.63) is 39.5 Å². The second-order valence-corrected chi connectivity index (χ2v) is 7.34. The molecule has 0 atom stereocenters. The molecule has 0 spiro atoms. The van der Waals surface area contributed by atoms with Gasteiger partial charge in [-0.15, -0.1) is 0 Å². The van der Waals surface area contributed by atoms with E-state index in [0.29, 0.717) is 15.6 Å². The number of amides is 2. The summed E-state index contributed by atoms with van der Waals surface area (Å²) < 4.78 is 0. The minimum atomic E-state index is -0.637. The van der Waals surface area contributed by atoms with Crippen molar-refractivity contribution in [1.82, 2.24) is 10.6 Å². The molecule has 2 amide bonds. The first-order chi connectivity index (χ1) is 10.5. The van der Waals surface area contributed by atoms with Gasteiger partial charge in [-0.2, -0.15) is 0 Å². The first-order valence-electron chi connectivity index (χ1n) is 7.30. The maximum Gasteiger partial charge on any atom is 0.268 e. The Morgan fingerprint density at radius 3 is 2.09 bits per heavy atom. The zero-order valence-corrected chi connectivity index (χ0v) is 15.5. The molecule has 0 radical (unpaired) electrons. The number of rotatable bonds is 4. The van der Waals surface area contributed by atoms with Gasteiger partial charge in [-0.25, -0.2) is 0 Å². The summed E-state index contributed by atoms with van der Waals surface area (Å²) in [6, 6.07) is 4.98. The van der Waals surface area contributed by atoms with Crippen LogP contribution in [0.2, 0.25) is 10.0 Å². The lowest BCUT2D eigenvalue weighted by atomic mass is 9.95. The predicted octanol–water partition coefficient (Wildman–Crippen LogP) is 4.02. The van der Waals surface area contributed by atoms with Crippen LogP contribution in [0.25, 0.3) is 6.08 Å². The zero-order chi connectivity index (χ0) is 17.8. The average molecular weight is 357 g/mol. The van der Waals surface area contributed by atoms with Crippen molar-refractivity contribution in [1.29, 1.82) is 0 Å². The molecule has 0 aliphatic carbocycles. The summed E-state index contributed by atoms with van der Waals surface area (Å²) in [5.74, 6) is -0.667. The van der Waals surface area contributed by atoms with Crippen LogP contribution in [0.4, 0.5) is 0 Å². The summed E-state index contributed by atoms with van der Waals surface area (Å²) in [4.78, 5) is 24.6. The van der Waals surface area contributed by atoms with Crippen LogP contribution in [0.5, 0.6) is 0 Å². The quantitative estimate of drug-likeness (QED) is 0.800. The van der Waals surface area contributed by atoms with Gasteiger partial charge in [0.2, 0.25) is 5.91 Å². The highest BCUT2D eigenvalue weighted by atomic mass is 35.5. The van der Waals surface area contributed by atoms with Gasteiger partial charge in [-0.05, 0) is 32.1 Å². The molecule has 2 N–H and O–H groups in total. The first-order valence-corrected chi connectivity index (χ1v) is 8.06. The molecule has 1 aromatic carbocycles. The molecule has 0 saturated heterocycles. The van der Waals surface area contributed by atoms with Crippen LogP contribution in [-0.4, -0.2) is 17.9 Å². The van der Waals surface area contributed by atoms with E-state index in [0.717, 1.165) is 0 Å². The van der Waals surface area contributed by atoms with Crippen molar-refractivity contribution in [3.8, 4) is 0 Å². The Morgan fingerprint density at radius 2 is 1.65 bits per heavy atom. The molecule has 0 heterocycles. The second kappa shape index (κ2) is 7.84. The lowest BCUT2D eigenvalue weighted by Crippen LogP contribution is -2.41. The molecule has 0 saturated carbocycles. The molecule has 4 nitrogen and oxygen atoms in total. The molecule has 1 aromatic rings. The van der Waals surface area contributed by atoms with Crippen molar-refractivity contribution < 1.29 is 9.59 Å². The van der Waals surface area contributed by atoms with E-state index in [1.165, 1.54) is 6.08 Å². The maximum atomic E-state index is 12.4. The van der Waals surface area contributed by atoms with Gasteiger partial charge < -0.3 is 10.6 Å². The van der Waals surface area contributed by atoms with Crippen molar-refractivity contribution >= 4 is 41.1 Å². The van der Waals surface area contributed by atoms with Gasteiger partial charge in [-0.3, -0.25) is 9.59 Å². The van der Waals surface area contributed by atoms with Crippen LogP contribution in [0.15, 0.2) is 23.9 Å². The summed E-state index contributed by atoms with van der Waals surface area (Å²) in [6.45, 7) is 8.97. The summed E-state index contributed by atoms with van der Waals surface area (Å²) in [5.41, 5.74) is -0.0471. The summed E-state index contributed by atoms with van der Waals surface area (Å²) in [6.07, 6.45) is 1.49. The minimum Gasteiger partial charge on any atom is -0.349 e. The number of carbonyl (C=O) groups excluding carboxylic acids is 2. The van der Waals surface area contributed by atoms with E-state index in [9.17, 15) is 9.59 Å². The first kappa shape index (κ1) is 19.5. The van der Waals surface area contributed by atoms with Crippen molar-refractivity contribution in [2.24, 2.45) is 5.41 Å². The lowest BCUT2D eigenvalue weighted by Gasteiger charge is -2.20. The number of carbonyl (C=O) groups is 2. The Morgan fingerprint density at radius 1 is 1.13 bits per heavy atom. The monoisotopic (exact) mass is 356 g/mol. The van der Waals surface area contributed by atoms with Crippen LogP contribution in [0.3, 0.4) is 0 Å². The zero-order valence-electron chi connectivity index (χ0n) is 14.0. The van der Waals surface area contributed by atoms with E-state index in [4.69, 9.17) is 23.2 Å². The normalized spacial score (nSPS) is 12.3. The van der Waals surface area contributed by atoms with E-state index in [1.54, 1.807) is 39.0 Å². The molecule has 0 fully saturated rings. The Labute approximate surface area is 147 Å². The SMILES string of the molecule is CC(C)NC(=O)/C(=C\c1c(Cl)cccc1Cl)NC(=O)C(C)(C)C. The number of hydrogen-bond acceptors (Lipinski definition) is 2. The molecule has 126 valence electrons. The topological polar surface area (TPSA) is 58.2 Å².